The number of rotatable bonds is 6. The van der Waals surface area contributed by atoms with Crippen molar-refractivity contribution in [3.8, 4) is 0 Å². The minimum Gasteiger partial charge on any atom is -0.460 e. The third kappa shape index (κ3) is 7.17. The lowest BCUT2D eigenvalue weighted by molar-refractivity contribution is -0.155. The first-order chi connectivity index (χ1) is 12.7. The molecule has 1 aliphatic carbocycles. The topological polar surface area (TPSA) is 55.4 Å². The van der Waals surface area contributed by atoms with E-state index in [-0.39, 0.29) is 23.8 Å². The summed E-state index contributed by atoms with van der Waals surface area (Å²) in [6, 6.07) is 5.83. The molecule has 2 rings (SSSR count). The van der Waals surface area contributed by atoms with Gasteiger partial charge in [0.1, 0.15) is 5.60 Å². The van der Waals surface area contributed by atoms with Gasteiger partial charge < -0.3 is 10.1 Å². The van der Waals surface area contributed by atoms with Crippen LogP contribution in [0.3, 0.4) is 0 Å². The molecule has 1 aliphatic rings. The Morgan fingerprint density at radius 1 is 1.22 bits per heavy atom. The molecule has 0 spiro atoms. The molecule has 1 fully saturated rings. The van der Waals surface area contributed by atoms with Crippen LogP contribution in [-0.4, -0.2) is 23.5 Å². The van der Waals surface area contributed by atoms with E-state index in [4.69, 9.17) is 16.3 Å². The van der Waals surface area contributed by atoms with Crippen LogP contribution in [0.2, 0.25) is 5.02 Å². The lowest BCUT2D eigenvalue weighted by Gasteiger charge is -2.23. The average molecular weight is 394 g/mol. The molecule has 27 heavy (non-hydrogen) atoms. The maximum Gasteiger partial charge on any atom is 0.306 e. The summed E-state index contributed by atoms with van der Waals surface area (Å²) in [5, 5.41) is 3.56. The molecular formula is C22H32ClNO3. The molecule has 5 heteroatoms. The van der Waals surface area contributed by atoms with Gasteiger partial charge in [-0.2, -0.15) is 0 Å². The predicted molar refractivity (Wildman–Crippen MR) is 109 cm³/mol. The molecule has 0 heterocycles. The van der Waals surface area contributed by atoms with Crippen molar-refractivity contribution in [2.24, 2.45) is 0 Å². The van der Waals surface area contributed by atoms with Crippen LogP contribution in [0.4, 0.5) is 0 Å². The largest absolute Gasteiger partial charge is 0.460 e. The zero-order chi connectivity index (χ0) is 20.0. The van der Waals surface area contributed by atoms with Gasteiger partial charge in [0.15, 0.2) is 0 Å². The fourth-order valence-electron chi connectivity index (χ4n) is 3.43. The summed E-state index contributed by atoms with van der Waals surface area (Å²) in [6.45, 7) is 7.65. The summed E-state index contributed by atoms with van der Waals surface area (Å²) in [4.78, 5) is 24.4. The second-order valence-corrected chi connectivity index (χ2v) is 8.98. The van der Waals surface area contributed by atoms with Gasteiger partial charge in [0.25, 0.3) is 5.91 Å². The third-order valence-electron chi connectivity index (χ3n) is 4.95. The van der Waals surface area contributed by atoms with Crippen LogP contribution in [0.15, 0.2) is 18.2 Å². The molecule has 1 saturated carbocycles. The molecule has 0 bridgehead atoms. The van der Waals surface area contributed by atoms with E-state index in [1.54, 1.807) is 6.07 Å². The van der Waals surface area contributed by atoms with Crippen LogP contribution >= 0.6 is 11.6 Å². The van der Waals surface area contributed by atoms with Gasteiger partial charge in [0, 0.05) is 12.5 Å². The quantitative estimate of drug-likeness (QED) is 0.637. The van der Waals surface area contributed by atoms with Gasteiger partial charge in [-0.15, -0.1) is 0 Å². The van der Waals surface area contributed by atoms with Gasteiger partial charge in [-0.1, -0.05) is 43.9 Å². The predicted octanol–water partition coefficient (Wildman–Crippen LogP) is 5.63. The highest BCUT2D eigenvalue weighted by Crippen LogP contribution is 2.27. The second kappa shape index (κ2) is 9.59. The minimum atomic E-state index is -0.461. The standard InChI is InChI=1S/C22H32ClNO3/c1-15(10-13-20(25)27-22(2,3)4)16-11-12-18(19(23)14-16)21(26)24-17-8-6-5-7-9-17/h11-12,14-15,17H,5-10,13H2,1-4H3,(H,24,26)/t15-/m1/s1. The van der Waals surface area contributed by atoms with E-state index in [9.17, 15) is 9.59 Å². The number of nitrogens with one attached hydrogen (secondary N) is 1. The Balaban J connectivity index is 1.92. The number of hydrogen-bond donors (Lipinski definition) is 1. The van der Waals surface area contributed by atoms with Crippen LogP contribution in [0, 0.1) is 0 Å². The Bertz CT molecular complexity index is 660. The molecule has 150 valence electrons. The fraction of sp³-hybridized carbons (Fsp3) is 0.636. The summed E-state index contributed by atoms with van der Waals surface area (Å²) in [6.07, 6.45) is 6.73. The molecule has 1 amide bonds. The number of halogens is 1. The molecule has 0 radical (unpaired) electrons. The van der Waals surface area contributed by atoms with Crippen LogP contribution in [0.5, 0.6) is 0 Å². The van der Waals surface area contributed by atoms with E-state index in [0.29, 0.717) is 23.4 Å². The van der Waals surface area contributed by atoms with E-state index in [1.807, 2.05) is 32.9 Å². The van der Waals surface area contributed by atoms with Crippen molar-refractivity contribution in [1.29, 1.82) is 0 Å². The normalized spacial score (nSPS) is 16.6. The van der Waals surface area contributed by atoms with E-state index in [1.165, 1.54) is 19.3 Å². The van der Waals surface area contributed by atoms with Gasteiger partial charge in [0.05, 0.1) is 10.6 Å². The van der Waals surface area contributed by atoms with Crippen molar-refractivity contribution in [2.75, 3.05) is 0 Å². The van der Waals surface area contributed by atoms with E-state index < -0.39 is 5.60 Å². The van der Waals surface area contributed by atoms with Gasteiger partial charge in [-0.3, -0.25) is 9.59 Å². The molecule has 0 unspecified atom stereocenters. The van der Waals surface area contributed by atoms with Crippen LogP contribution in [0.1, 0.15) is 94.5 Å². The van der Waals surface area contributed by atoms with Gasteiger partial charge in [-0.25, -0.2) is 0 Å². The number of ether oxygens (including phenoxy) is 1. The van der Waals surface area contributed by atoms with E-state index >= 15 is 0 Å². The molecule has 1 aromatic rings. The smallest absolute Gasteiger partial charge is 0.306 e. The number of amides is 1. The molecule has 1 atom stereocenters. The van der Waals surface area contributed by atoms with Crippen LogP contribution in [0.25, 0.3) is 0 Å². The summed E-state index contributed by atoms with van der Waals surface area (Å²) in [5.74, 6) is -0.130. The maximum atomic E-state index is 12.5. The molecule has 0 aliphatic heterocycles. The number of benzene rings is 1. The minimum absolute atomic E-state index is 0.0974. The molecule has 1 N–H and O–H groups in total. The van der Waals surface area contributed by atoms with Crippen molar-refractivity contribution in [2.45, 2.75) is 90.2 Å². The highest BCUT2D eigenvalue weighted by Gasteiger charge is 2.20. The second-order valence-electron chi connectivity index (χ2n) is 8.57. The Morgan fingerprint density at radius 3 is 2.48 bits per heavy atom. The SMILES string of the molecule is C[C@H](CCC(=O)OC(C)(C)C)c1ccc(C(=O)NC2CCCCC2)c(Cl)c1. The van der Waals surface area contributed by atoms with Gasteiger partial charge in [-0.05, 0) is 63.6 Å². The lowest BCUT2D eigenvalue weighted by Crippen LogP contribution is -2.36. The Kier molecular flexibility index (Phi) is 7.72. The lowest BCUT2D eigenvalue weighted by atomic mass is 9.94. The van der Waals surface area contributed by atoms with Crippen molar-refractivity contribution in [3.05, 3.63) is 34.3 Å². The third-order valence-corrected chi connectivity index (χ3v) is 5.26. The first-order valence-corrected chi connectivity index (χ1v) is 10.4. The van der Waals surface area contributed by atoms with Gasteiger partial charge >= 0.3 is 5.97 Å². The Hall–Kier alpha value is -1.55. The highest BCUT2D eigenvalue weighted by molar-refractivity contribution is 6.33. The van der Waals surface area contributed by atoms with Crippen LogP contribution in [-0.2, 0) is 9.53 Å². The number of carbonyl (C=O) groups excluding carboxylic acids is 2. The van der Waals surface area contributed by atoms with Gasteiger partial charge in [0.2, 0.25) is 0 Å². The summed E-state index contributed by atoms with van der Waals surface area (Å²) in [7, 11) is 0. The average Bonchev–Trinajstić information content (AvgIpc) is 2.58. The first kappa shape index (κ1) is 21.7. The molecule has 0 saturated heterocycles. The number of esters is 1. The number of hydrogen-bond acceptors (Lipinski definition) is 3. The Labute approximate surface area is 168 Å². The van der Waals surface area contributed by atoms with E-state index in [2.05, 4.69) is 12.2 Å². The van der Waals surface area contributed by atoms with Crippen molar-refractivity contribution in [3.63, 3.8) is 0 Å². The fourth-order valence-corrected chi connectivity index (χ4v) is 3.70. The van der Waals surface area contributed by atoms with Crippen LogP contribution < -0.4 is 5.32 Å². The molecule has 0 aromatic heterocycles. The summed E-state index contributed by atoms with van der Waals surface area (Å²) >= 11 is 6.38. The first-order valence-electron chi connectivity index (χ1n) is 9.98. The number of carbonyl (C=O) groups is 2. The molecule has 4 nitrogen and oxygen atoms in total. The molecular weight excluding hydrogens is 362 g/mol. The summed E-state index contributed by atoms with van der Waals surface area (Å²) in [5.41, 5.74) is 1.08. The summed E-state index contributed by atoms with van der Waals surface area (Å²) < 4.78 is 5.35. The van der Waals surface area contributed by atoms with Crippen molar-refractivity contribution >= 4 is 23.5 Å². The maximum absolute atomic E-state index is 12.5. The van der Waals surface area contributed by atoms with Crippen molar-refractivity contribution < 1.29 is 14.3 Å². The Morgan fingerprint density at radius 2 is 1.89 bits per heavy atom. The van der Waals surface area contributed by atoms with E-state index in [0.717, 1.165) is 18.4 Å². The van der Waals surface area contributed by atoms with Crippen molar-refractivity contribution in [1.82, 2.24) is 5.32 Å². The zero-order valence-electron chi connectivity index (χ0n) is 16.9. The monoisotopic (exact) mass is 393 g/mol. The zero-order valence-corrected chi connectivity index (χ0v) is 17.7. The molecule has 1 aromatic carbocycles. The highest BCUT2D eigenvalue weighted by atomic mass is 35.5.